The maximum atomic E-state index is 13.4. The molecule has 4 heteroatoms. The van der Waals surface area contributed by atoms with Crippen molar-refractivity contribution in [1.82, 2.24) is 9.13 Å². The molecule has 0 unspecified atom stereocenters. The molecule has 1 aliphatic carbocycles. The van der Waals surface area contributed by atoms with E-state index in [0.717, 1.165) is 42.4 Å². The van der Waals surface area contributed by atoms with Crippen LogP contribution < -0.4 is 11.0 Å². The molecule has 0 atom stereocenters. The highest BCUT2D eigenvalue weighted by molar-refractivity contribution is 5.93. The van der Waals surface area contributed by atoms with Crippen molar-refractivity contribution in [3.63, 3.8) is 0 Å². The number of aromatic nitrogens is 2. The highest BCUT2D eigenvalue weighted by Crippen LogP contribution is 2.32. The van der Waals surface area contributed by atoms with Crippen LogP contribution in [0.5, 0.6) is 0 Å². The summed E-state index contributed by atoms with van der Waals surface area (Å²) < 4.78 is 3.91. The summed E-state index contributed by atoms with van der Waals surface area (Å²) >= 11 is 0. The summed E-state index contributed by atoms with van der Waals surface area (Å²) in [4.78, 5) is 26.5. The van der Waals surface area contributed by atoms with Crippen LogP contribution in [0.4, 0.5) is 0 Å². The summed E-state index contributed by atoms with van der Waals surface area (Å²) in [6.07, 6.45) is 4.36. The van der Waals surface area contributed by atoms with Crippen LogP contribution in [0.3, 0.4) is 0 Å². The lowest BCUT2D eigenvalue weighted by Crippen LogP contribution is -2.31. The molecule has 2 heterocycles. The van der Waals surface area contributed by atoms with E-state index < -0.39 is 0 Å². The Balaban J connectivity index is 2.20. The molecule has 0 spiro atoms. The minimum absolute atomic E-state index is 0.112. The van der Waals surface area contributed by atoms with E-state index in [-0.39, 0.29) is 22.9 Å². The average molecular weight is 336 g/mol. The van der Waals surface area contributed by atoms with Crippen molar-refractivity contribution >= 4 is 21.8 Å². The van der Waals surface area contributed by atoms with Gasteiger partial charge in [0.1, 0.15) is 5.39 Å². The summed E-state index contributed by atoms with van der Waals surface area (Å²) in [5, 5.41) is 0.947. The van der Waals surface area contributed by atoms with Gasteiger partial charge < -0.3 is 9.13 Å². The highest BCUT2D eigenvalue weighted by Gasteiger charge is 2.24. The number of rotatable bonds is 2. The average Bonchev–Trinajstić information content (AvgIpc) is 3.13. The van der Waals surface area contributed by atoms with Crippen molar-refractivity contribution in [2.24, 2.45) is 7.05 Å². The zero-order valence-corrected chi connectivity index (χ0v) is 15.1. The fourth-order valence-electron chi connectivity index (χ4n) is 4.31. The summed E-state index contributed by atoms with van der Waals surface area (Å²) in [6.45, 7) is 4.23. The number of para-hydroxylation sites is 1. The lowest BCUT2D eigenvalue weighted by molar-refractivity contribution is 0.476. The number of benzene rings is 1. The van der Waals surface area contributed by atoms with E-state index in [4.69, 9.17) is 0 Å². The predicted octanol–water partition coefficient (Wildman–Crippen LogP) is 4.09. The third-order valence-corrected chi connectivity index (χ3v) is 5.63. The molecule has 4 nitrogen and oxygen atoms in total. The van der Waals surface area contributed by atoms with E-state index in [2.05, 4.69) is 19.9 Å². The van der Waals surface area contributed by atoms with Crippen LogP contribution in [-0.4, -0.2) is 9.13 Å². The van der Waals surface area contributed by atoms with Crippen molar-refractivity contribution in [3.8, 4) is 0 Å². The van der Waals surface area contributed by atoms with Crippen LogP contribution in [0.2, 0.25) is 0 Å². The standard InChI is InChI=1S/C21H24N2O2/c1-13(2)17-12-18-19(21(25)23(17)14-8-4-5-9-14)20(24)15-10-6-7-11-16(15)22(18)3/h6-7,10-14H,4-5,8-9H2,1-3H3. The molecule has 1 aliphatic rings. The van der Waals surface area contributed by atoms with Gasteiger partial charge in [0, 0.05) is 24.2 Å². The Labute approximate surface area is 146 Å². The molecule has 4 rings (SSSR count). The molecule has 1 fully saturated rings. The Kier molecular flexibility index (Phi) is 3.78. The van der Waals surface area contributed by atoms with Crippen molar-refractivity contribution < 1.29 is 0 Å². The highest BCUT2D eigenvalue weighted by atomic mass is 16.1. The molecule has 0 amide bonds. The van der Waals surface area contributed by atoms with Gasteiger partial charge in [0.15, 0.2) is 0 Å². The Morgan fingerprint density at radius 3 is 2.40 bits per heavy atom. The van der Waals surface area contributed by atoms with E-state index in [1.54, 1.807) is 0 Å². The Morgan fingerprint density at radius 1 is 1.04 bits per heavy atom. The molecule has 2 aromatic heterocycles. The lowest BCUT2D eigenvalue weighted by Gasteiger charge is -2.23. The molecular weight excluding hydrogens is 312 g/mol. The van der Waals surface area contributed by atoms with E-state index >= 15 is 0 Å². The fraction of sp³-hybridized carbons (Fsp3) is 0.429. The summed E-state index contributed by atoms with van der Waals surface area (Å²) in [5.74, 6) is 0.235. The summed E-state index contributed by atoms with van der Waals surface area (Å²) in [5.41, 5.74) is 2.39. The van der Waals surface area contributed by atoms with Gasteiger partial charge in [0.05, 0.1) is 11.0 Å². The van der Waals surface area contributed by atoms with Crippen LogP contribution in [0.1, 0.15) is 57.2 Å². The Morgan fingerprint density at radius 2 is 1.72 bits per heavy atom. The Bertz CT molecular complexity index is 1080. The second-order valence-electron chi connectivity index (χ2n) is 7.50. The maximum Gasteiger partial charge on any atom is 0.264 e. The molecule has 1 saturated carbocycles. The fourth-order valence-corrected chi connectivity index (χ4v) is 4.31. The topological polar surface area (TPSA) is 44.0 Å². The van der Waals surface area contributed by atoms with Crippen molar-refractivity contribution in [3.05, 3.63) is 56.6 Å². The molecule has 0 aliphatic heterocycles. The first-order chi connectivity index (χ1) is 12.0. The Hall–Kier alpha value is -2.36. The third-order valence-electron chi connectivity index (χ3n) is 5.63. The molecule has 0 N–H and O–H groups in total. The van der Waals surface area contributed by atoms with Crippen LogP contribution >= 0.6 is 0 Å². The number of hydrogen-bond donors (Lipinski definition) is 0. The molecule has 0 saturated heterocycles. The van der Waals surface area contributed by atoms with Gasteiger partial charge >= 0.3 is 0 Å². The quantitative estimate of drug-likeness (QED) is 0.662. The number of aryl methyl sites for hydroxylation is 1. The molecule has 130 valence electrons. The van der Waals surface area contributed by atoms with Crippen molar-refractivity contribution in [1.29, 1.82) is 0 Å². The van der Waals surface area contributed by atoms with E-state index in [1.165, 1.54) is 0 Å². The number of hydrogen-bond acceptors (Lipinski definition) is 2. The molecule has 1 aromatic carbocycles. The summed E-state index contributed by atoms with van der Waals surface area (Å²) in [6, 6.07) is 9.82. The van der Waals surface area contributed by atoms with E-state index in [0.29, 0.717) is 10.8 Å². The van der Waals surface area contributed by atoms with Gasteiger partial charge in [0.25, 0.3) is 5.56 Å². The first-order valence-electron chi connectivity index (χ1n) is 9.17. The van der Waals surface area contributed by atoms with Crippen LogP contribution in [0.25, 0.3) is 21.8 Å². The summed E-state index contributed by atoms with van der Waals surface area (Å²) in [7, 11) is 1.94. The number of nitrogens with zero attached hydrogens (tertiary/aromatic N) is 2. The minimum Gasteiger partial charge on any atom is -0.343 e. The van der Waals surface area contributed by atoms with Gasteiger partial charge in [-0.05, 0) is 37.0 Å². The second-order valence-corrected chi connectivity index (χ2v) is 7.50. The molecule has 0 radical (unpaired) electrons. The zero-order valence-electron chi connectivity index (χ0n) is 15.1. The second kappa shape index (κ2) is 5.87. The van der Waals surface area contributed by atoms with Gasteiger partial charge in [-0.15, -0.1) is 0 Å². The maximum absolute atomic E-state index is 13.4. The first-order valence-corrected chi connectivity index (χ1v) is 9.17. The van der Waals surface area contributed by atoms with Crippen LogP contribution in [-0.2, 0) is 7.05 Å². The van der Waals surface area contributed by atoms with Gasteiger partial charge in [-0.3, -0.25) is 9.59 Å². The van der Waals surface area contributed by atoms with E-state index in [9.17, 15) is 9.59 Å². The van der Waals surface area contributed by atoms with Gasteiger partial charge in [0.2, 0.25) is 5.43 Å². The lowest BCUT2D eigenvalue weighted by atomic mass is 10.0. The van der Waals surface area contributed by atoms with Gasteiger partial charge in [-0.1, -0.05) is 38.8 Å². The zero-order chi connectivity index (χ0) is 17.7. The third kappa shape index (κ3) is 2.35. The minimum atomic E-state index is -0.143. The molecule has 25 heavy (non-hydrogen) atoms. The first kappa shape index (κ1) is 16.1. The molecule has 0 bridgehead atoms. The van der Waals surface area contributed by atoms with Crippen LogP contribution in [0, 0.1) is 0 Å². The van der Waals surface area contributed by atoms with Gasteiger partial charge in [-0.25, -0.2) is 0 Å². The SMILES string of the molecule is CC(C)c1cc2c(c(=O)c3ccccc3n2C)c(=O)n1C1CCCC1. The van der Waals surface area contributed by atoms with Crippen molar-refractivity contribution in [2.75, 3.05) is 0 Å². The smallest absolute Gasteiger partial charge is 0.264 e. The van der Waals surface area contributed by atoms with Crippen molar-refractivity contribution in [2.45, 2.75) is 51.5 Å². The normalized spacial score (nSPS) is 15.7. The number of pyridine rings is 2. The number of fused-ring (bicyclic) bond motifs is 2. The molecule has 3 aromatic rings. The van der Waals surface area contributed by atoms with Gasteiger partial charge in [-0.2, -0.15) is 0 Å². The predicted molar refractivity (Wildman–Crippen MR) is 103 cm³/mol. The van der Waals surface area contributed by atoms with E-state index in [1.807, 2.05) is 40.4 Å². The van der Waals surface area contributed by atoms with Crippen LogP contribution in [0.15, 0.2) is 39.9 Å². The largest absolute Gasteiger partial charge is 0.343 e. The monoisotopic (exact) mass is 336 g/mol. The molecular formula is C21H24N2O2.